The highest BCUT2D eigenvalue weighted by Gasteiger charge is 2.18. The first-order valence-electron chi connectivity index (χ1n) is 5.52. The van der Waals surface area contributed by atoms with Gasteiger partial charge in [-0.05, 0) is 35.4 Å². The van der Waals surface area contributed by atoms with Crippen molar-refractivity contribution in [2.24, 2.45) is 0 Å². The number of hydrogen-bond donors (Lipinski definition) is 1. The quantitative estimate of drug-likeness (QED) is 0.821. The molecule has 0 saturated heterocycles. The van der Waals surface area contributed by atoms with Crippen LogP contribution in [0.25, 0.3) is 11.1 Å². The van der Waals surface area contributed by atoms with Crippen molar-refractivity contribution in [1.29, 1.82) is 0 Å². The number of benzene rings is 2. The number of anilines is 1. The lowest BCUT2D eigenvalue weighted by molar-refractivity contribution is -0.115. The summed E-state index contributed by atoms with van der Waals surface area (Å²) in [4.78, 5) is 11.2. The van der Waals surface area contributed by atoms with Crippen LogP contribution in [-0.2, 0) is 11.2 Å². The van der Waals surface area contributed by atoms with Gasteiger partial charge in [0, 0.05) is 17.3 Å². The molecule has 0 bridgehead atoms. The van der Waals surface area contributed by atoms with Gasteiger partial charge in [0.15, 0.2) is 0 Å². The molecule has 0 aromatic heterocycles. The summed E-state index contributed by atoms with van der Waals surface area (Å²) in [6.07, 6.45) is 0.298. The first kappa shape index (κ1) is 10.9. The molecule has 3 rings (SSSR count). The van der Waals surface area contributed by atoms with Crippen molar-refractivity contribution in [1.82, 2.24) is 0 Å². The van der Waals surface area contributed by atoms with Gasteiger partial charge >= 0.3 is 0 Å². The summed E-state index contributed by atoms with van der Waals surface area (Å²) in [5.74, 6) is -1.27. The predicted molar refractivity (Wildman–Crippen MR) is 64.1 cm³/mol. The summed E-state index contributed by atoms with van der Waals surface area (Å²) in [7, 11) is 0. The highest BCUT2D eigenvalue weighted by atomic mass is 19.1. The van der Waals surface area contributed by atoms with Crippen molar-refractivity contribution in [2.45, 2.75) is 6.42 Å². The van der Waals surface area contributed by atoms with Gasteiger partial charge < -0.3 is 5.32 Å². The summed E-state index contributed by atoms with van der Waals surface area (Å²) >= 11 is 0. The van der Waals surface area contributed by atoms with Gasteiger partial charge in [0.25, 0.3) is 0 Å². The molecule has 0 radical (unpaired) electrons. The van der Waals surface area contributed by atoms with Gasteiger partial charge in [-0.3, -0.25) is 4.79 Å². The van der Waals surface area contributed by atoms with Crippen molar-refractivity contribution >= 4 is 11.6 Å². The van der Waals surface area contributed by atoms with Gasteiger partial charge in [-0.15, -0.1) is 0 Å². The molecule has 0 unspecified atom stereocenters. The molecular formula is C14H9F2NO. The van der Waals surface area contributed by atoms with Gasteiger partial charge in [0.05, 0.1) is 6.42 Å². The third kappa shape index (κ3) is 1.76. The van der Waals surface area contributed by atoms with Crippen molar-refractivity contribution < 1.29 is 13.6 Å². The van der Waals surface area contributed by atoms with Crippen molar-refractivity contribution in [3.63, 3.8) is 0 Å². The molecule has 1 aliphatic heterocycles. The number of carbonyl (C=O) groups excluding carboxylic acids is 1. The molecule has 1 N–H and O–H groups in total. The lowest BCUT2D eigenvalue weighted by Crippen LogP contribution is -2.03. The van der Waals surface area contributed by atoms with E-state index in [-0.39, 0.29) is 5.91 Å². The second-order valence-electron chi connectivity index (χ2n) is 4.22. The fourth-order valence-corrected chi connectivity index (χ4v) is 2.12. The number of hydrogen-bond acceptors (Lipinski definition) is 1. The fourth-order valence-electron chi connectivity index (χ4n) is 2.12. The van der Waals surface area contributed by atoms with E-state index in [2.05, 4.69) is 5.32 Å². The molecule has 2 nitrogen and oxygen atoms in total. The Kier molecular flexibility index (Phi) is 2.37. The zero-order valence-electron chi connectivity index (χ0n) is 9.34. The first-order valence-corrected chi connectivity index (χ1v) is 5.52. The zero-order chi connectivity index (χ0) is 12.7. The van der Waals surface area contributed by atoms with E-state index >= 15 is 0 Å². The van der Waals surface area contributed by atoms with Crippen LogP contribution >= 0.6 is 0 Å². The zero-order valence-corrected chi connectivity index (χ0v) is 9.34. The minimum absolute atomic E-state index is 0.0678. The summed E-state index contributed by atoms with van der Waals surface area (Å²) in [5, 5.41) is 2.71. The third-order valence-electron chi connectivity index (χ3n) is 2.97. The van der Waals surface area contributed by atoms with Crippen molar-refractivity contribution in [3.05, 3.63) is 53.6 Å². The summed E-state index contributed by atoms with van der Waals surface area (Å²) in [6, 6.07) is 8.67. The molecule has 0 spiro atoms. The Balaban J connectivity index is 2.08. The Morgan fingerprint density at radius 3 is 2.67 bits per heavy atom. The SMILES string of the molecule is O=C1Cc2cc(-c3ccc(F)cc3F)ccc2N1. The maximum absolute atomic E-state index is 13.6. The Bertz CT molecular complexity index is 652. The molecule has 2 aromatic carbocycles. The van der Waals surface area contributed by atoms with E-state index in [4.69, 9.17) is 0 Å². The van der Waals surface area contributed by atoms with E-state index in [1.807, 2.05) is 0 Å². The molecular weight excluding hydrogens is 236 g/mol. The number of carbonyl (C=O) groups is 1. The monoisotopic (exact) mass is 245 g/mol. The van der Waals surface area contributed by atoms with Gasteiger partial charge in [0.1, 0.15) is 11.6 Å². The largest absolute Gasteiger partial charge is 0.326 e. The Morgan fingerprint density at radius 2 is 1.89 bits per heavy atom. The predicted octanol–water partition coefficient (Wildman–Crippen LogP) is 3.13. The average Bonchev–Trinajstić information content (AvgIpc) is 2.68. The molecule has 0 atom stereocenters. The maximum Gasteiger partial charge on any atom is 0.228 e. The Morgan fingerprint density at radius 1 is 1.06 bits per heavy atom. The normalized spacial score (nSPS) is 13.3. The summed E-state index contributed by atoms with van der Waals surface area (Å²) in [6.45, 7) is 0. The molecule has 0 aliphatic carbocycles. The molecule has 1 aliphatic rings. The molecule has 0 fully saturated rings. The van der Waals surface area contributed by atoms with E-state index in [1.54, 1.807) is 18.2 Å². The van der Waals surface area contributed by atoms with Gasteiger partial charge in [-0.1, -0.05) is 6.07 Å². The maximum atomic E-state index is 13.6. The fraction of sp³-hybridized carbons (Fsp3) is 0.0714. The highest BCUT2D eigenvalue weighted by Crippen LogP contribution is 2.30. The average molecular weight is 245 g/mol. The van der Waals surface area contributed by atoms with Crippen LogP contribution in [-0.4, -0.2) is 5.91 Å². The minimum Gasteiger partial charge on any atom is -0.326 e. The second kappa shape index (κ2) is 3.91. The van der Waals surface area contributed by atoms with E-state index < -0.39 is 11.6 Å². The molecule has 4 heteroatoms. The molecule has 0 saturated carbocycles. The van der Waals surface area contributed by atoms with Gasteiger partial charge in [0.2, 0.25) is 5.91 Å². The van der Waals surface area contributed by atoms with E-state index in [1.165, 1.54) is 12.1 Å². The van der Waals surface area contributed by atoms with Crippen LogP contribution in [0.3, 0.4) is 0 Å². The van der Waals surface area contributed by atoms with Crippen molar-refractivity contribution in [3.8, 4) is 11.1 Å². The second-order valence-corrected chi connectivity index (χ2v) is 4.22. The number of amides is 1. The standard InChI is InChI=1S/C14H9F2NO/c15-10-2-3-11(12(16)7-10)8-1-4-13-9(5-8)6-14(18)17-13/h1-5,7H,6H2,(H,17,18). The molecule has 1 amide bonds. The topological polar surface area (TPSA) is 29.1 Å². The van der Waals surface area contributed by atoms with Crippen LogP contribution in [0.5, 0.6) is 0 Å². The van der Waals surface area contributed by atoms with E-state index in [0.29, 0.717) is 17.5 Å². The number of rotatable bonds is 1. The first-order chi connectivity index (χ1) is 8.63. The summed E-state index contributed by atoms with van der Waals surface area (Å²) < 4.78 is 26.5. The Labute approximate surface area is 102 Å². The number of halogens is 2. The Hall–Kier alpha value is -2.23. The number of fused-ring (bicyclic) bond motifs is 1. The number of nitrogens with one attached hydrogen (secondary N) is 1. The molecule has 18 heavy (non-hydrogen) atoms. The summed E-state index contributed by atoms with van der Waals surface area (Å²) in [5.41, 5.74) is 2.56. The van der Waals surface area contributed by atoms with Crippen LogP contribution in [0.15, 0.2) is 36.4 Å². The van der Waals surface area contributed by atoms with E-state index in [9.17, 15) is 13.6 Å². The van der Waals surface area contributed by atoms with Crippen LogP contribution in [0.2, 0.25) is 0 Å². The highest BCUT2D eigenvalue weighted by molar-refractivity contribution is 5.99. The smallest absolute Gasteiger partial charge is 0.228 e. The van der Waals surface area contributed by atoms with Gasteiger partial charge in [-0.2, -0.15) is 0 Å². The molecule has 1 heterocycles. The third-order valence-corrected chi connectivity index (χ3v) is 2.97. The molecule has 2 aromatic rings. The van der Waals surface area contributed by atoms with Crippen LogP contribution < -0.4 is 5.32 Å². The lowest BCUT2D eigenvalue weighted by atomic mass is 10.0. The van der Waals surface area contributed by atoms with E-state index in [0.717, 1.165) is 17.3 Å². The van der Waals surface area contributed by atoms with Gasteiger partial charge in [-0.25, -0.2) is 8.78 Å². The molecule has 90 valence electrons. The minimum atomic E-state index is -0.604. The van der Waals surface area contributed by atoms with Crippen LogP contribution in [0, 0.1) is 11.6 Å². The van der Waals surface area contributed by atoms with Crippen molar-refractivity contribution in [2.75, 3.05) is 5.32 Å². The lowest BCUT2D eigenvalue weighted by Gasteiger charge is -2.06. The van der Waals surface area contributed by atoms with Crippen LogP contribution in [0.1, 0.15) is 5.56 Å². The van der Waals surface area contributed by atoms with Crippen LogP contribution in [0.4, 0.5) is 14.5 Å².